The van der Waals surface area contributed by atoms with Gasteiger partial charge in [0.15, 0.2) is 0 Å². The average Bonchev–Trinajstić information content (AvgIpc) is 2.86. The highest BCUT2D eigenvalue weighted by atomic mass is 32.1. The Labute approximate surface area is 120 Å². The molecule has 3 N–H and O–H groups in total. The van der Waals surface area contributed by atoms with Gasteiger partial charge in [0.05, 0.1) is 6.04 Å². The van der Waals surface area contributed by atoms with Crippen molar-refractivity contribution in [3.8, 4) is 0 Å². The minimum absolute atomic E-state index is 0.198. The average molecular weight is 282 g/mol. The quantitative estimate of drug-likeness (QED) is 0.872. The molecule has 0 amide bonds. The van der Waals surface area contributed by atoms with Gasteiger partial charge in [0, 0.05) is 22.4 Å². The van der Waals surface area contributed by atoms with E-state index in [9.17, 15) is 5.11 Å². The van der Waals surface area contributed by atoms with E-state index in [1.165, 1.54) is 9.75 Å². The van der Waals surface area contributed by atoms with E-state index in [0.29, 0.717) is 18.6 Å². The van der Waals surface area contributed by atoms with Gasteiger partial charge in [0.1, 0.15) is 0 Å². The van der Waals surface area contributed by atoms with Crippen molar-refractivity contribution in [3.05, 3.63) is 21.9 Å². The van der Waals surface area contributed by atoms with E-state index in [1.807, 2.05) is 11.3 Å². The maximum Gasteiger partial charge on any atom is 0.0593 e. The van der Waals surface area contributed by atoms with Crippen LogP contribution in [0.1, 0.15) is 42.0 Å². The largest absolute Gasteiger partial charge is 0.396 e. The summed E-state index contributed by atoms with van der Waals surface area (Å²) in [6, 6.07) is 4.97. The minimum Gasteiger partial charge on any atom is -0.396 e. The summed E-state index contributed by atoms with van der Waals surface area (Å²) >= 11 is 1.87. The van der Waals surface area contributed by atoms with Gasteiger partial charge >= 0.3 is 0 Å². The minimum atomic E-state index is 0.198. The highest BCUT2D eigenvalue weighted by molar-refractivity contribution is 7.12. The molecular formula is C15H26N2OS. The van der Waals surface area contributed by atoms with Crippen molar-refractivity contribution in [2.75, 3.05) is 19.7 Å². The number of aryl methyl sites for hydroxylation is 1. The van der Waals surface area contributed by atoms with Crippen LogP contribution < -0.4 is 5.73 Å². The second-order valence-corrected chi connectivity index (χ2v) is 6.95. The Kier molecular flexibility index (Phi) is 5.39. The summed E-state index contributed by atoms with van der Waals surface area (Å²) in [7, 11) is 0. The van der Waals surface area contributed by atoms with Crippen molar-refractivity contribution >= 4 is 11.3 Å². The fraction of sp³-hybridized carbons (Fsp3) is 0.733. The van der Waals surface area contributed by atoms with Crippen LogP contribution in [0.4, 0.5) is 0 Å². The molecule has 0 saturated carbocycles. The monoisotopic (exact) mass is 282 g/mol. The smallest absolute Gasteiger partial charge is 0.0593 e. The van der Waals surface area contributed by atoms with Crippen LogP contribution in [0.2, 0.25) is 0 Å². The first-order valence-electron chi connectivity index (χ1n) is 7.32. The molecule has 19 heavy (non-hydrogen) atoms. The second kappa shape index (κ2) is 6.84. The van der Waals surface area contributed by atoms with E-state index in [2.05, 4.69) is 30.9 Å². The van der Waals surface area contributed by atoms with Gasteiger partial charge in [-0.2, -0.15) is 0 Å². The highest BCUT2D eigenvalue weighted by Crippen LogP contribution is 2.33. The number of piperidine rings is 1. The van der Waals surface area contributed by atoms with Crippen molar-refractivity contribution < 1.29 is 5.11 Å². The number of rotatable bonds is 5. The molecule has 1 fully saturated rings. The molecule has 2 unspecified atom stereocenters. The lowest BCUT2D eigenvalue weighted by Gasteiger charge is -2.39. The van der Waals surface area contributed by atoms with Crippen LogP contribution in [-0.4, -0.2) is 35.7 Å². The predicted octanol–water partition coefficient (Wildman–Crippen LogP) is 2.54. The predicted molar refractivity (Wildman–Crippen MR) is 81.4 cm³/mol. The van der Waals surface area contributed by atoms with Crippen molar-refractivity contribution in [2.24, 2.45) is 11.7 Å². The summed E-state index contributed by atoms with van der Waals surface area (Å²) < 4.78 is 0. The molecule has 1 aromatic rings. The number of likely N-dealkylation sites (tertiary alicyclic amines) is 1. The standard InChI is InChI=1S/C15H26N2OS/c1-3-13(16)15(14-5-4-11(2)19-14)17-8-6-12(10-18)7-9-17/h4-5,12-13,15,18H,3,6-10,16H2,1-2H3. The fourth-order valence-electron chi connectivity index (χ4n) is 2.91. The number of hydrogen-bond donors (Lipinski definition) is 2. The Morgan fingerprint density at radius 2 is 2.11 bits per heavy atom. The van der Waals surface area contributed by atoms with Gasteiger partial charge in [0.2, 0.25) is 0 Å². The molecule has 0 spiro atoms. The molecule has 3 nitrogen and oxygen atoms in total. The van der Waals surface area contributed by atoms with Crippen LogP contribution in [0.15, 0.2) is 12.1 Å². The normalized spacial score (nSPS) is 21.5. The van der Waals surface area contributed by atoms with Crippen LogP contribution in [0, 0.1) is 12.8 Å². The van der Waals surface area contributed by atoms with Gasteiger partial charge in [-0.05, 0) is 57.3 Å². The van der Waals surface area contributed by atoms with Crippen LogP contribution >= 0.6 is 11.3 Å². The molecule has 1 aliphatic heterocycles. The zero-order valence-corrected chi connectivity index (χ0v) is 12.8. The van der Waals surface area contributed by atoms with E-state index in [0.717, 1.165) is 32.4 Å². The van der Waals surface area contributed by atoms with Gasteiger partial charge in [-0.25, -0.2) is 0 Å². The van der Waals surface area contributed by atoms with Crippen LogP contribution in [0.25, 0.3) is 0 Å². The lowest BCUT2D eigenvalue weighted by molar-refractivity contribution is 0.0898. The number of hydrogen-bond acceptors (Lipinski definition) is 4. The highest BCUT2D eigenvalue weighted by Gasteiger charge is 2.30. The summed E-state index contributed by atoms with van der Waals surface area (Å²) in [6.45, 7) is 6.76. The van der Waals surface area contributed by atoms with E-state index >= 15 is 0 Å². The van der Waals surface area contributed by atoms with Crippen LogP contribution in [-0.2, 0) is 0 Å². The third-order valence-electron chi connectivity index (χ3n) is 4.23. The number of aliphatic hydroxyl groups excluding tert-OH is 1. The van der Waals surface area contributed by atoms with Crippen molar-refractivity contribution in [3.63, 3.8) is 0 Å². The van der Waals surface area contributed by atoms with Crippen molar-refractivity contribution in [2.45, 2.75) is 45.2 Å². The van der Waals surface area contributed by atoms with Crippen molar-refractivity contribution in [1.82, 2.24) is 4.90 Å². The molecule has 108 valence electrons. The molecule has 1 aliphatic rings. The Balaban J connectivity index is 2.10. The van der Waals surface area contributed by atoms with Crippen LogP contribution in [0.5, 0.6) is 0 Å². The van der Waals surface area contributed by atoms with Gasteiger partial charge in [-0.15, -0.1) is 11.3 Å². The first-order valence-corrected chi connectivity index (χ1v) is 8.14. The summed E-state index contributed by atoms with van der Waals surface area (Å²) in [5, 5.41) is 9.25. The van der Waals surface area contributed by atoms with Gasteiger partial charge in [-0.3, -0.25) is 4.90 Å². The Bertz CT molecular complexity index is 385. The Morgan fingerprint density at radius 3 is 2.58 bits per heavy atom. The Morgan fingerprint density at radius 1 is 1.42 bits per heavy atom. The lowest BCUT2D eigenvalue weighted by Crippen LogP contribution is -2.44. The summed E-state index contributed by atoms with van der Waals surface area (Å²) in [4.78, 5) is 5.27. The van der Waals surface area contributed by atoms with Gasteiger partial charge in [0.25, 0.3) is 0 Å². The Hall–Kier alpha value is -0.420. The lowest BCUT2D eigenvalue weighted by atomic mass is 9.94. The number of thiophene rings is 1. The molecule has 1 saturated heterocycles. The fourth-order valence-corrected chi connectivity index (χ4v) is 4.00. The molecular weight excluding hydrogens is 256 g/mol. The van der Waals surface area contributed by atoms with Crippen LogP contribution in [0.3, 0.4) is 0 Å². The maximum absolute atomic E-state index is 9.25. The molecule has 1 aromatic heterocycles. The molecule has 0 bridgehead atoms. The SMILES string of the molecule is CCC(N)C(c1ccc(C)s1)N1CCC(CO)CC1. The summed E-state index contributed by atoms with van der Waals surface area (Å²) in [5.74, 6) is 0.486. The summed E-state index contributed by atoms with van der Waals surface area (Å²) in [5.41, 5.74) is 6.37. The van der Waals surface area contributed by atoms with E-state index in [4.69, 9.17) is 5.73 Å². The molecule has 2 rings (SSSR count). The molecule has 0 aliphatic carbocycles. The number of aliphatic hydroxyl groups is 1. The summed E-state index contributed by atoms with van der Waals surface area (Å²) in [6.07, 6.45) is 3.18. The third kappa shape index (κ3) is 3.57. The maximum atomic E-state index is 9.25. The molecule has 2 atom stereocenters. The second-order valence-electron chi connectivity index (χ2n) is 5.63. The molecule has 4 heteroatoms. The first kappa shape index (κ1) is 15.0. The topological polar surface area (TPSA) is 49.5 Å². The number of nitrogens with zero attached hydrogens (tertiary/aromatic N) is 1. The van der Waals surface area contributed by atoms with E-state index in [-0.39, 0.29) is 6.04 Å². The number of nitrogens with two attached hydrogens (primary N) is 1. The van der Waals surface area contributed by atoms with Gasteiger partial charge in [-0.1, -0.05) is 6.92 Å². The first-order chi connectivity index (χ1) is 9.15. The molecule has 0 aromatic carbocycles. The zero-order valence-electron chi connectivity index (χ0n) is 12.0. The molecule has 2 heterocycles. The van der Waals surface area contributed by atoms with E-state index < -0.39 is 0 Å². The van der Waals surface area contributed by atoms with Gasteiger partial charge < -0.3 is 10.8 Å². The third-order valence-corrected chi connectivity index (χ3v) is 5.30. The van der Waals surface area contributed by atoms with Crippen molar-refractivity contribution in [1.29, 1.82) is 0 Å². The molecule has 0 radical (unpaired) electrons. The zero-order chi connectivity index (χ0) is 13.8. The van der Waals surface area contributed by atoms with E-state index in [1.54, 1.807) is 0 Å².